The van der Waals surface area contributed by atoms with Crippen LogP contribution in [0.1, 0.15) is 17.3 Å². The molecule has 4 heteroatoms. The molecule has 1 N–H and O–H groups in total. The number of hydrogen-bond donors (Lipinski definition) is 1. The van der Waals surface area contributed by atoms with Crippen LogP contribution in [0.3, 0.4) is 0 Å². The van der Waals surface area contributed by atoms with Gasteiger partial charge in [0.25, 0.3) is 0 Å². The smallest absolute Gasteiger partial charge is 0.337 e. The first-order valence-corrected chi connectivity index (χ1v) is 3.96. The highest BCUT2D eigenvalue weighted by Crippen LogP contribution is 2.06. The van der Waals surface area contributed by atoms with Gasteiger partial charge in [-0.3, -0.25) is 0 Å². The lowest BCUT2D eigenvalue weighted by molar-refractivity contribution is 0.0696. The molecule has 0 bridgehead atoms. The van der Waals surface area contributed by atoms with Crippen LogP contribution in [0.5, 0.6) is 5.88 Å². The summed E-state index contributed by atoms with van der Waals surface area (Å²) >= 11 is 0. The minimum Gasteiger partial charge on any atom is -0.478 e. The molecule has 0 fully saturated rings. The molecule has 1 aromatic heterocycles. The Labute approximate surface area is 81.5 Å². The van der Waals surface area contributed by atoms with E-state index in [2.05, 4.69) is 16.8 Å². The molecule has 0 aliphatic heterocycles. The fraction of sp³-hybridized carbons (Fsp3) is 0.200. The number of aromatic carboxylic acids is 1. The van der Waals surface area contributed by atoms with Gasteiger partial charge < -0.3 is 9.84 Å². The van der Waals surface area contributed by atoms with Crippen molar-refractivity contribution in [3.05, 3.63) is 23.9 Å². The van der Waals surface area contributed by atoms with Crippen LogP contribution in [0.25, 0.3) is 0 Å². The molecule has 0 radical (unpaired) electrons. The predicted molar refractivity (Wildman–Crippen MR) is 50.1 cm³/mol. The molecule has 1 rings (SSSR count). The number of nitrogens with zero attached hydrogens (tertiary/aromatic N) is 1. The minimum atomic E-state index is -1.00. The molecule has 0 atom stereocenters. The molecule has 0 aromatic carbocycles. The summed E-state index contributed by atoms with van der Waals surface area (Å²) in [5.74, 6) is 4.75. The number of carboxylic acids is 1. The van der Waals surface area contributed by atoms with E-state index in [9.17, 15) is 4.79 Å². The van der Waals surface area contributed by atoms with E-state index >= 15 is 0 Å². The van der Waals surface area contributed by atoms with E-state index in [1.807, 2.05) is 0 Å². The van der Waals surface area contributed by atoms with E-state index in [4.69, 9.17) is 9.84 Å². The number of carboxylic acid groups (broad SMARTS) is 1. The molecule has 0 spiro atoms. The van der Waals surface area contributed by atoms with E-state index in [0.717, 1.165) is 0 Å². The quantitative estimate of drug-likeness (QED) is 0.729. The Bertz CT molecular complexity index is 373. The van der Waals surface area contributed by atoms with Gasteiger partial charge in [0.05, 0.1) is 5.56 Å². The third-order valence-electron chi connectivity index (χ3n) is 1.45. The van der Waals surface area contributed by atoms with Crippen LogP contribution < -0.4 is 4.74 Å². The monoisotopic (exact) mass is 191 g/mol. The number of rotatable bonds is 3. The number of aromatic nitrogens is 1. The molecule has 0 unspecified atom stereocenters. The molecular formula is C10H9NO3. The molecule has 0 saturated heterocycles. The molecule has 1 heterocycles. The Hall–Kier alpha value is -2.02. The Morgan fingerprint density at radius 1 is 1.64 bits per heavy atom. The van der Waals surface area contributed by atoms with Crippen LogP contribution in [-0.2, 0) is 0 Å². The Morgan fingerprint density at radius 3 is 2.93 bits per heavy atom. The van der Waals surface area contributed by atoms with Crippen LogP contribution in [-0.4, -0.2) is 22.7 Å². The highest BCUT2D eigenvalue weighted by Gasteiger charge is 2.02. The SMILES string of the molecule is CC#CCOc1ccc(C(=O)O)cn1. The van der Waals surface area contributed by atoms with Crippen LogP contribution >= 0.6 is 0 Å². The average Bonchev–Trinajstić information content (AvgIpc) is 2.19. The zero-order valence-electron chi connectivity index (χ0n) is 7.65. The first-order chi connectivity index (χ1) is 6.74. The minimum absolute atomic E-state index is 0.138. The molecule has 0 aliphatic rings. The number of carbonyl (C=O) groups is 1. The number of hydrogen-bond acceptors (Lipinski definition) is 3. The molecule has 0 amide bonds. The highest BCUT2D eigenvalue weighted by atomic mass is 16.5. The van der Waals surface area contributed by atoms with Gasteiger partial charge in [0.1, 0.15) is 0 Å². The van der Waals surface area contributed by atoms with Crippen LogP contribution in [0.15, 0.2) is 18.3 Å². The van der Waals surface area contributed by atoms with E-state index in [1.165, 1.54) is 18.3 Å². The van der Waals surface area contributed by atoms with E-state index in [0.29, 0.717) is 5.88 Å². The normalized spacial score (nSPS) is 8.64. The standard InChI is InChI=1S/C10H9NO3/c1-2-3-6-14-9-5-4-8(7-11-9)10(12)13/h4-5,7H,6H2,1H3,(H,12,13). The maximum absolute atomic E-state index is 10.5. The van der Waals surface area contributed by atoms with Crippen molar-refractivity contribution < 1.29 is 14.6 Å². The van der Waals surface area contributed by atoms with Gasteiger partial charge in [-0.05, 0) is 13.0 Å². The van der Waals surface area contributed by atoms with Gasteiger partial charge in [-0.2, -0.15) is 0 Å². The van der Waals surface area contributed by atoms with Gasteiger partial charge in [0, 0.05) is 12.3 Å². The van der Waals surface area contributed by atoms with Crippen molar-refractivity contribution in [3.63, 3.8) is 0 Å². The second-order valence-corrected chi connectivity index (χ2v) is 2.41. The van der Waals surface area contributed by atoms with E-state index < -0.39 is 5.97 Å². The van der Waals surface area contributed by atoms with Crippen molar-refractivity contribution in [2.45, 2.75) is 6.92 Å². The zero-order chi connectivity index (χ0) is 10.4. The Balaban J connectivity index is 2.62. The number of pyridine rings is 1. The largest absolute Gasteiger partial charge is 0.478 e. The van der Waals surface area contributed by atoms with Gasteiger partial charge in [-0.1, -0.05) is 5.92 Å². The molecule has 0 aliphatic carbocycles. The van der Waals surface area contributed by atoms with Crippen molar-refractivity contribution >= 4 is 5.97 Å². The fourth-order valence-electron chi connectivity index (χ4n) is 0.774. The van der Waals surface area contributed by atoms with Gasteiger partial charge in [-0.25, -0.2) is 9.78 Å². The topological polar surface area (TPSA) is 59.4 Å². The average molecular weight is 191 g/mol. The zero-order valence-corrected chi connectivity index (χ0v) is 7.65. The van der Waals surface area contributed by atoms with Crippen molar-refractivity contribution in [2.24, 2.45) is 0 Å². The first-order valence-electron chi connectivity index (χ1n) is 3.96. The summed E-state index contributed by atoms with van der Waals surface area (Å²) < 4.78 is 5.10. The highest BCUT2D eigenvalue weighted by molar-refractivity contribution is 5.87. The summed E-state index contributed by atoms with van der Waals surface area (Å²) in [4.78, 5) is 14.3. The lowest BCUT2D eigenvalue weighted by atomic mass is 10.3. The van der Waals surface area contributed by atoms with Crippen molar-refractivity contribution in [2.75, 3.05) is 6.61 Å². The summed E-state index contributed by atoms with van der Waals surface area (Å²) in [6, 6.07) is 2.94. The lowest BCUT2D eigenvalue weighted by Gasteiger charge is -2.00. The molecular weight excluding hydrogens is 182 g/mol. The predicted octanol–water partition coefficient (Wildman–Crippen LogP) is 1.18. The third kappa shape index (κ3) is 2.79. The van der Waals surface area contributed by atoms with Gasteiger partial charge >= 0.3 is 5.97 Å². The second kappa shape index (κ2) is 4.87. The third-order valence-corrected chi connectivity index (χ3v) is 1.45. The fourth-order valence-corrected chi connectivity index (χ4v) is 0.774. The van der Waals surface area contributed by atoms with Crippen molar-refractivity contribution in [1.82, 2.24) is 4.98 Å². The summed E-state index contributed by atoms with van der Waals surface area (Å²) in [7, 11) is 0. The van der Waals surface area contributed by atoms with Crippen LogP contribution in [0.2, 0.25) is 0 Å². The number of ether oxygens (including phenoxy) is 1. The van der Waals surface area contributed by atoms with Crippen molar-refractivity contribution in [1.29, 1.82) is 0 Å². The second-order valence-electron chi connectivity index (χ2n) is 2.41. The summed E-state index contributed by atoms with van der Waals surface area (Å²) in [5, 5.41) is 8.59. The van der Waals surface area contributed by atoms with Crippen LogP contribution in [0, 0.1) is 11.8 Å². The molecule has 4 nitrogen and oxygen atoms in total. The van der Waals surface area contributed by atoms with Gasteiger partial charge in [0.15, 0.2) is 6.61 Å². The van der Waals surface area contributed by atoms with Crippen LogP contribution in [0.4, 0.5) is 0 Å². The molecule has 72 valence electrons. The maximum Gasteiger partial charge on any atom is 0.337 e. The first kappa shape index (κ1) is 10.1. The van der Waals surface area contributed by atoms with E-state index in [1.54, 1.807) is 6.92 Å². The molecule has 14 heavy (non-hydrogen) atoms. The van der Waals surface area contributed by atoms with E-state index in [-0.39, 0.29) is 12.2 Å². The molecule has 0 saturated carbocycles. The summed E-state index contributed by atoms with van der Waals surface area (Å²) in [5.41, 5.74) is 0.138. The maximum atomic E-state index is 10.5. The van der Waals surface area contributed by atoms with Crippen molar-refractivity contribution in [3.8, 4) is 17.7 Å². The summed E-state index contributed by atoms with van der Waals surface area (Å²) in [6.07, 6.45) is 1.25. The van der Waals surface area contributed by atoms with Gasteiger partial charge in [-0.15, -0.1) is 5.92 Å². The summed E-state index contributed by atoms with van der Waals surface area (Å²) in [6.45, 7) is 1.97. The Kier molecular flexibility index (Phi) is 3.50. The molecule has 1 aromatic rings. The Morgan fingerprint density at radius 2 is 2.43 bits per heavy atom. The van der Waals surface area contributed by atoms with Gasteiger partial charge in [0.2, 0.25) is 5.88 Å². The lowest BCUT2D eigenvalue weighted by Crippen LogP contribution is -1.99.